The number of aliphatic carboxylic acids is 1. The Kier molecular flexibility index (Phi) is 4.09. The minimum Gasteiger partial charge on any atom is -0.480 e. The summed E-state index contributed by atoms with van der Waals surface area (Å²) in [5.74, 6) is -3.15. The lowest BCUT2D eigenvalue weighted by Gasteiger charge is -2.45. The van der Waals surface area contributed by atoms with Gasteiger partial charge in [0, 0.05) is 11.8 Å². The van der Waals surface area contributed by atoms with E-state index in [0.717, 1.165) is 33.6 Å². The van der Waals surface area contributed by atoms with Gasteiger partial charge in [-0.05, 0) is 28.7 Å². The Labute approximate surface area is 169 Å². The normalized spacial score (nSPS) is 27.4. The monoisotopic (exact) mass is 389 g/mol. The topological polar surface area (TPSA) is 74.7 Å². The van der Waals surface area contributed by atoms with Crippen molar-refractivity contribution in [1.29, 1.82) is 0 Å². The first kappa shape index (κ1) is 18.1. The van der Waals surface area contributed by atoms with E-state index in [-0.39, 0.29) is 23.7 Å². The molecule has 2 aromatic rings. The summed E-state index contributed by atoms with van der Waals surface area (Å²) in [6.45, 7) is 1.97. The molecule has 0 unspecified atom stereocenters. The molecule has 0 spiro atoms. The highest BCUT2D eigenvalue weighted by Crippen LogP contribution is 2.61. The minimum absolute atomic E-state index is 0.195. The Hall–Kier alpha value is -2.95. The lowest BCUT2D eigenvalue weighted by Crippen LogP contribution is -2.45. The Bertz CT molecular complexity index is 914. The molecule has 3 aliphatic carbocycles. The standard InChI is InChI=1S/C24H23NO4/c1-2-3-12-17(24(28)29)25-22(26)20-18-13-8-4-5-9-14(13)19(21(20)23(25)27)16-11-7-6-10-15(16)18/h4-11,17-21H,2-3,12H2,1H3,(H,28,29)/t17-,18?,19?,20-,21+/m1/s1. The number of likely N-dealkylation sites (tertiary alicyclic amines) is 1. The number of benzene rings is 2. The molecule has 2 bridgehead atoms. The van der Waals surface area contributed by atoms with Crippen LogP contribution >= 0.6 is 0 Å². The third kappa shape index (κ3) is 2.36. The van der Waals surface area contributed by atoms with E-state index in [0.29, 0.717) is 12.8 Å². The van der Waals surface area contributed by atoms with E-state index in [1.54, 1.807) is 0 Å². The Balaban J connectivity index is 1.65. The van der Waals surface area contributed by atoms with Gasteiger partial charge in [-0.1, -0.05) is 68.3 Å². The highest BCUT2D eigenvalue weighted by atomic mass is 16.4. The molecule has 1 aliphatic heterocycles. The zero-order valence-electron chi connectivity index (χ0n) is 16.2. The summed E-state index contributed by atoms with van der Waals surface area (Å²) >= 11 is 0. The van der Waals surface area contributed by atoms with Crippen molar-refractivity contribution >= 4 is 17.8 Å². The van der Waals surface area contributed by atoms with Crippen molar-refractivity contribution in [2.24, 2.45) is 11.8 Å². The number of carboxylic acid groups (broad SMARTS) is 1. The average Bonchev–Trinajstić information content (AvgIpc) is 3.00. The zero-order chi connectivity index (χ0) is 20.3. The molecule has 6 rings (SSSR count). The number of rotatable bonds is 5. The van der Waals surface area contributed by atoms with Crippen LogP contribution in [0, 0.1) is 11.8 Å². The smallest absolute Gasteiger partial charge is 0.326 e. The van der Waals surface area contributed by atoms with Crippen molar-refractivity contribution < 1.29 is 19.5 Å². The second kappa shape index (κ2) is 6.55. The van der Waals surface area contributed by atoms with Gasteiger partial charge in [0.25, 0.3) is 0 Å². The van der Waals surface area contributed by atoms with Crippen LogP contribution in [0.3, 0.4) is 0 Å². The van der Waals surface area contributed by atoms with Crippen LogP contribution < -0.4 is 0 Å². The number of carboxylic acids is 1. The SMILES string of the molecule is CCCC[C@H](C(=O)O)N1C(=O)[C@@H]2C3c4ccccc4C(c4ccccc43)[C@@H]2C1=O. The molecule has 1 heterocycles. The second-order valence-electron chi connectivity index (χ2n) is 8.31. The van der Waals surface area contributed by atoms with E-state index in [1.807, 2.05) is 55.5 Å². The lowest BCUT2D eigenvalue weighted by molar-refractivity contribution is -0.155. The molecule has 4 aliphatic rings. The van der Waals surface area contributed by atoms with Crippen LogP contribution in [0.2, 0.25) is 0 Å². The number of carbonyl (C=O) groups excluding carboxylic acids is 2. The minimum atomic E-state index is -1.10. The maximum absolute atomic E-state index is 13.5. The van der Waals surface area contributed by atoms with Gasteiger partial charge in [-0.25, -0.2) is 4.79 Å². The van der Waals surface area contributed by atoms with Crippen LogP contribution in [0.1, 0.15) is 60.3 Å². The molecule has 5 heteroatoms. The van der Waals surface area contributed by atoms with Crippen LogP contribution in [0.15, 0.2) is 48.5 Å². The van der Waals surface area contributed by atoms with Crippen molar-refractivity contribution in [3.8, 4) is 0 Å². The molecule has 1 N–H and O–H groups in total. The van der Waals surface area contributed by atoms with E-state index in [1.165, 1.54) is 0 Å². The molecular weight excluding hydrogens is 366 g/mol. The molecule has 1 fully saturated rings. The van der Waals surface area contributed by atoms with Gasteiger partial charge in [0.15, 0.2) is 0 Å². The van der Waals surface area contributed by atoms with E-state index < -0.39 is 23.8 Å². The summed E-state index contributed by atoms with van der Waals surface area (Å²) in [5, 5.41) is 9.78. The maximum atomic E-state index is 13.5. The van der Waals surface area contributed by atoms with Crippen LogP contribution in [0.25, 0.3) is 0 Å². The summed E-state index contributed by atoms with van der Waals surface area (Å²) in [5.41, 5.74) is 4.39. The van der Waals surface area contributed by atoms with Crippen LogP contribution in [0.5, 0.6) is 0 Å². The van der Waals surface area contributed by atoms with Gasteiger partial charge in [0.1, 0.15) is 6.04 Å². The number of nitrogens with zero attached hydrogens (tertiary/aromatic N) is 1. The largest absolute Gasteiger partial charge is 0.480 e. The number of carbonyl (C=O) groups is 3. The van der Waals surface area contributed by atoms with Crippen molar-refractivity contribution in [3.63, 3.8) is 0 Å². The number of amides is 2. The number of unbranched alkanes of at least 4 members (excludes halogenated alkanes) is 1. The molecule has 3 atom stereocenters. The lowest BCUT2D eigenvalue weighted by atomic mass is 9.55. The fourth-order valence-electron chi connectivity index (χ4n) is 5.77. The van der Waals surface area contributed by atoms with Crippen molar-refractivity contribution in [2.45, 2.75) is 44.1 Å². The molecule has 1 saturated heterocycles. The van der Waals surface area contributed by atoms with E-state index in [4.69, 9.17) is 0 Å². The highest BCUT2D eigenvalue weighted by Gasteiger charge is 2.62. The predicted molar refractivity (Wildman–Crippen MR) is 106 cm³/mol. The fourth-order valence-corrected chi connectivity index (χ4v) is 5.77. The van der Waals surface area contributed by atoms with Crippen LogP contribution in [-0.2, 0) is 14.4 Å². The molecule has 5 nitrogen and oxygen atoms in total. The van der Waals surface area contributed by atoms with Gasteiger partial charge in [-0.3, -0.25) is 14.5 Å². The highest BCUT2D eigenvalue weighted by molar-refractivity contribution is 6.09. The third-order valence-electron chi connectivity index (χ3n) is 6.91. The van der Waals surface area contributed by atoms with E-state index >= 15 is 0 Å². The molecule has 2 aromatic carbocycles. The number of hydrogen-bond donors (Lipinski definition) is 1. The third-order valence-corrected chi connectivity index (χ3v) is 6.91. The molecule has 0 aromatic heterocycles. The summed E-state index contributed by atoms with van der Waals surface area (Å²) in [4.78, 5) is 40.1. The first-order chi connectivity index (χ1) is 14.1. The van der Waals surface area contributed by atoms with Crippen LogP contribution in [-0.4, -0.2) is 33.8 Å². The number of imide groups is 1. The molecule has 148 valence electrons. The predicted octanol–water partition coefficient (Wildman–Crippen LogP) is 3.52. The summed E-state index contributed by atoms with van der Waals surface area (Å²) < 4.78 is 0. The molecule has 29 heavy (non-hydrogen) atoms. The van der Waals surface area contributed by atoms with Crippen molar-refractivity contribution in [3.05, 3.63) is 70.8 Å². The number of hydrogen-bond acceptors (Lipinski definition) is 3. The van der Waals surface area contributed by atoms with E-state index in [2.05, 4.69) is 0 Å². The van der Waals surface area contributed by atoms with E-state index in [9.17, 15) is 19.5 Å². The molecular formula is C24H23NO4. The van der Waals surface area contributed by atoms with Crippen molar-refractivity contribution in [1.82, 2.24) is 4.90 Å². The first-order valence-corrected chi connectivity index (χ1v) is 10.3. The molecule has 0 radical (unpaired) electrons. The van der Waals surface area contributed by atoms with Crippen molar-refractivity contribution in [2.75, 3.05) is 0 Å². The summed E-state index contributed by atoms with van der Waals surface area (Å²) in [6, 6.07) is 15.0. The second-order valence-corrected chi connectivity index (χ2v) is 8.31. The average molecular weight is 389 g/mol. The first-order valence-electron chi connectivity index (χ1n) is 10.3. The molecule has 2 amide bonds. The zero-order valence-corrected chi connectivity index (χ0v) is 16.2. The quantitative estimate of drug-likeness (QED) is 0.794. The van der Waals surface area contributed by atoms with Gasteiger partial charge in [0.05, 0.1) is 11.8 Å². The fraction of sp³-hybridized carbons (Fsp3) is 0.375. The van der Waals surface area contributed by atoms with Crippen LogP contribution in [0.4, 0.5) is 0 Å². The molecule has 0 saturated carbocycles. The Morgan fingerprint density at radius 3 is 1.66 bits per heavy atom. The Morgan fingerprint density at radius 2 is 1.31 bits per heavy atom. The van der Waals surface area contributed by atoms with Gasteiger partial charge in [-0.15, -0.1) is 0 Å². The van der Waals surface area contributed by atoms with Gasteiger partial charge < -0.3 is 5.11 Å². The van der Waals surface area contributed by atoms with Gasteiger partial charge >= 0.3 is 5.97 Å². The summed E-state index contributed by atoms with van der Waals surface area (Å²) in [7, 11) is 0. The maximum Gasteiger partial charge on any atom is 0.326 e. The summed E-state index contributed by atoms with van der Waals surface area (Å²) in [6.07, 6.45) is 1.78. The van der Waals surface area contributed by atoms with Gasteiger partial charge in [0.2, 0.25) is 11.8 Å². The Morgan fingerprint density at radius 1 is 0.897 bits per heavy atom. The van der Waals surface area contributed by atoms with Gasteiger partial charge in [-0.2, -0.15) is 0 Å².